The minimum absolute atomic E-state index is 0.0433. The van der Waals surface area contributed by atoms with E-state index in [-0.39, 0.29) is 12.5 Å². The summed E-state index contributed by atoms with van der Waals surface area (Å²) in [4.78, 5) is 27.8. The van der Waals surface area contributed by atoms with Crippen LogP contribution < -0.4 is 9.62 Å². The molecule has 186 valence electrons. The highest BCUT2D eigenvalue weighted by Crippen LogP contribution is 2.22. The van der Waals surface area contributed by atoms with Crippen LogP contribution in [0.15, 0.2) is 42.5 Å². The van der Waals surface area contributed by atoms with Gasteiger partial charge in [-0.3, -0.25) is 13.9 Å². The number of anilines is 1. The molecule has 0 fully saturated rings. The largest absolute Gasteiger partial charge is 0.354 e. The lowest BCUT2D eigenvalue weighted by Crippen LogP contribution is -2.52. The third-order valence-corrected chi connectivity index (χ3v) is 6.52. The highest BCUT2D eigenvalue weighted by Gasteiger charge is 2.31. The third-order valence-electron chi connectivity index (χ3n) is 5.37. The zero-order valence-electron chi connectivity index (χ0n) is 20.5. The smallest absolute Gasteiger partial charge is 0.244 e. The molecule has 1 N–H and O–H groups in total. The van der Waals surface area contributed by atoms with Crippen LogP contribution in [0.2, 0.25) is 0 Å². The molecule has 0 aromatic heterocycles. The van der Waals surface area contributed by atoms with E-state index in [9.17, 15) is 22.4 Å². The number of carbonyl (C=O) groups excluding carboxylic acids is 2. The molecule has 2 rings (SSSR count). The van der Waals surface area contributed by atoms with Gasteiger partial charge in [-0.25, -0.2) is 12.8 Å². The number of aryl methyl sites for hydroxylation is 2. The lowest BCUT2D eigenvalue weighted by Gasteiger charge is -2.33. The number of amides is 2. The summed E-state index contributed by atoms with van der Waals surface area (Å²) >= 11 is 0. The SMILES string of the molecule is CCCNC(=O)[C@@H](CC)N(Cc1ccc(F)cc1)C(=O)CN(c1cc(C)cc(C)c1)S(C)(=O)=O. The van der Waals surface area contributed by atoms with Crippen molar-refractivity contribution in [3.05, 3.63) is 65.0 Å². The quantitative estimate of drug-likeness (QED) is 0.521. The monoisotopic (exact) mass is 491 g/mol. The molecular formula is C25H34FN3O4S. The first-order chi connectivity index (χ1) is 16.0. The van der Waals surface area contributed by atoms with Crippen LogP contribution in [0.25, 0.3) is 0 Å². The van der Waals surface area contributed by atoms with Crippen LogP contribution in [-0.4, -0.2) is 50.5 Å². The van der Waals surface area contributed by atoms with Crippen LogP contribution in [0.3, 0.4) is 0 Å². The van der Waals surface area contributed by atoms with Crippen LogP contribution in [0.5, 0.6) is 0 Å². The van der Waals surface area contributed by atoms with Crippen LogP contribution in [0.4, 0.5) is 10.1 Å². The van der Waals surface area contributed by atoms with E-state index in [2.05, 4.69) is 5.32 Å². The van der Waals surface area contributed by atoms with Gasteiger partial charge in [0.15, 0.2) is 0 Å². The Labute approximate surface area is 202 Å². The van der Waals surface area contributed by atoms with Gasteiger partial charge in [0.05, 0.1) is 11.9 Å². The first-order valence-corrected chi connectivity index (χ1v) is 13.2. The molecule has 0 unspecified atom stereocenters. The molecule has 7 nitrogen and oxygen atoms in total. The van der Waals surface area contributed by atoms with Gasteiger partial charge >= 0.3 is 0 Å². The molecule has 1 atom stereocenters. The van der Waals surface area contributed by atoms with Crippen molar-refractivity contribution in [2.24, 2.45) is 0 Å². The molecule has 2 amide bonds. The number of rotatable bonds is 11. The normalized spacial score (nSPS) is 12.2. The average Bonchev–Trinajstić information content (AvgIpc) is 2.75. The topological polar surface area (TPSA) is 86.8 Å². The number of nitrogens with zero attached hydrogens (tertiary/aromatic N) is 2. The average molecular weight is 492 g/mol. The van der Waals surface area contributed by atoms with Crippen molar-refractivity contribution in [3.63, 3.8) is 0 Å². The van der Waals surface area contributed by atoms with Crippen LogP contribution in [0.1, 0.15) is 43.4 Å². The number of hydrogen-bond donors (Lipinski definition) is 1. The van der Waals surface area contributed by atoms with Crippen molar-refractivity contribution in [2.45, 2.75) is 53.1 Å². The standard InChI is InChI=1S/C25H34FN3O4S/c1-6-12-27-25(31)23(7-2)28(16-20-8-10-21(26)11-9-20)24(30)17-29(34(5,32)33)22-14-18(3)13-19(4)15-22/h8-11,13-15,23H,6-7,12,16-17H2,1-5H3,(H,27,31)/t23-/m1/s1. The zero-order chi connectivity index (χ0) is 25.5. The van der Waals surface area contributed by atoms with Gasteiger partial charge in [0.2, 0.25) is 21.8 Å². The second-order valence-electron chi connectivity index (χ2n) is 8.48. The Hall–Kier alpha value is -2.94. The first-order valence-electron chi connectivity index (χ1n) is 11.3. The molecule has 0 aliphatic heterocycles. The van der Waals surface area contributed by atoms with E-state index in [0.717, 1.165) is 28.1 Å². The Morgan fingerprint density at radius 2 is 1.62 bits per heavy atom. The summed E-state index contributed by atoms with van der Waals surface area (Å²) in [6, 6.07) is 10.2. The van der Waals surface area contributed by atoms with Crippen molar-refractivity contribution in [1.29, 1.82) is 0 Å². The summed E-state index contributed by atoms with van der Waals surface area (Å²) < 4.78 is 39.8. The van der Waals surface area contributed by atoms with Gasteiger partial charge in [-0.05, 0) is 67.6 Å². The lowest BCUT2D eigenvalue weighted by atomic mass is 10.1. The number of carbonyl (C=O) groups is 2. The third kappa shape index (κ3) is 7.55. The molecule has 0 bridgehead atoms. The Balaban J connectivity index is 2.44. The molecule has 9 heteroatoms. The maximum Gasteiger partial charge on any atom is 0.244 e. The maximum atomic E-state index is 13.6. The first kappa shape index (κ1) is 27.3. The van der Waals surface area contributed by atoms with Crippen molar-refractivity contribution in [1.82, 2.24) is 10.2 Å². The molecule has 0 heterocycles. The lowest BCUT2D eigenvalue weighted by molar-refractivity contribution is -0.140. The predicted molar refractivity (Wildman–Crippen MR) is 132 cm³/mol. The molecule has 0 spiro atoms. The van der Waals surface area contributed by atoms with Gasteiger partial charge in [-0.1, -0.05) is 32.0 Å². The number of sulfonamides is 1. The van der Waals surface area contributed by atoms with Gasteiger partial charge in [0, 0.05) is 13.1 Å². The molecule has 0 saturated heterocycles. The fourth-order valence-electron chi connectivity index (χ4n) is 3.78. The summed E-state index contributed by atoms with van der Waals surface area (Å²) in [5, 5.41) is 2.82. The van der Waals surface area contributed by atoms with E-state index in [0.29, 0.717) is 24.2 Å². The summed E-state index contributed by atoms with van der Waals surface area (Å²) in [5.74, 6) is -1.24. The minimum Gasteiger partial charge on any atom is -0.354 e. The van der Waals surface area contributed by atoms with Crippen LogP contribution >= 0.6 is 0 Å². The van der Waals surface area contributed by atoms with Crippen molar-refractivity contribution < 1.29 is 22.4 Å². The van der Waals surface area contributed by atoms with Crippen LogP contribution in [-0.2, 0) is 26.2 Å². The fourth-order valence-corrected chi connectivity index (χ4v) is 4.61. The van der Waals surface area contributed by atoms with E-state index in [1.54, 1.807) is 31.2 Å². The molecule has 2 aromatic rings. The molecular weight excluding hydrogens is 457 g/mol. The Kier molecular flexibility index (Phi) is 9.61. The Bertz CT molecular complexity index is 1080. The molecule has 0 aliphatic carbocycles. The zero-order valence-corrected chi connectivity index (χ0v) is 21.3. The number of halogens is 1. The number of hydrogen-bond acceptors (Lipinski definition) is 4. The van der Waals surface area contributed by atoms with Crippen molar-refractivity contribution in [3.8, 4) is 0 Å². The second-order valence-corrected chi connectivity index (χ2v) is 10.4. The van der Waals surface area contributed by atoms with Gasteiger partial charge in [0.1, 0.15) is 18.4 Å². The van der Waals surface area contributed by atoms with Gasteiger partial charge in [0.25, 0.3) is 0 Å². The summed E-state index contributed by atoms with van der Waals surface area (Å²) in [7, 11) is -3.79. The van der Waals surface area contributed by atoms with Crippen LogP contribution in [0, 0.1) is 19.7 Å². The molecule has 34 heavy (non-hydrogen) atoms. The molecule has 0 radical (unpaired) electrons. The van der Waals surface area contributed by atoms with Gasteiger partial charge in [-0.2, -0.15) is 0 Å². The van der Waals surface area contributed by atoms with Crippen molar-refractivity contribution >= 4 is 27.5 Å². The van der Waals surface area contributed by atoms with E-state index < -0.39 is 34.3 Å². The number of benzene rings is 2. The second kappa shape index (κ2) is 12.0. The summed E-state index contributed by atoms with van der Waals surface area (Å²) in [6.07, 6.45) is 2.13. The van der Waals surface area contributed by atoms with Crippen molar-refractivity contribution in [2.75, 3.05) is 23.7 Å². The Morgan fingerprint density at radius 1 is 1.03 bits per heavy atom. The van der Waals surface area contributed by atoms with E-state index >= 15 is 0 Å². The minimum atomic E-state index is -3.79. The fraction of sp³-hybridized carbons (Fsp3) is 0.440. The predicted octanol–water partition coefficient (Wildman–Crippen LogP) is 3.54. The number of nitrogens with one attached hydrogen (secondary N) is 1. The van der Waals surface area contributed by atoms with E-state index in [1.807, 2.05) is 26.8 Å². The molecule has 2 aromatic carbocycles. The highest BCUT2D eigenvalue weighted by atomic mass is 32.2. The maximum absolute atomic E-state index is 13.6. The molecule has 0 aliphatic rings. The molecule has 0 saturated carbocycles. The summed E-state index contributed by atoms with van der Waals surface area (Å²) in [6.45, 7) is 7.47. The van der Waals surface area contributed by atoms with E-state index in [1.165, 1.54) is 17.0 Å². The van der Waals surface area contributed by atoms with E-state index in [4.69, 9.17) is 0 Å². The highest BCUT2D eigenvalue weighted by molar-refractivity contribution is 7.92. The van der Waals surface area contributed by atoms with Gasteiger partial charge < -0.3 is 10.2 Å². The summed E-state index contributed by atoms with van der Waals surface area (Å²) in [5.41, 5.74) is 2.75. The van der Waals surface area contributed by atoms with Gasteiger partial charge in [-0.15, -0.1) is 0 Å². The Morgan fingerprint density at radius 3 is 2.12 bits per heavy atom.